The van der Waals surface area contributed by atoms with Gasteiger partial charge in [0, 0.05) is 25.7 Å². The van der Waals surface area contributed by atoms with Gasteiger partial charge in [-0.3, -0.25) is 38.4 Å². The summed E-state index contributed by atoms with van der Waals surface area (Å²) in [6, 6.07) is -8.26. The molecule has 0 aromatic carbocycles. The van der Waals surface area contributed by atoms with Crippen molar-refractivity contribution < 1.29 is 68.7 Å². The highest BCUT2D eigenvalue weighted by Crippen LogP contribution is 2.07. The molecule has 0 spiro atoms. The first-order valence-electron chi connectivity index (χ1n) is 13.2. The predicted octanol–water partition coefficient (Wildman–Crippen LogP) is -4.42. The fourth-order valence-corrected chi connectivity index (χ4v) is 3.46. The number of aliphatic hydroxyl groups is 1. The molecule has 0 aliphatic heterocycles. The van der Waals surface area contributed by atoms with E-state index in [4.69, 9.17) is 26.8 Å². The minimum absolute atomic E-state index is 0.435. The number of rotatable bonds is 22. The zero-order chi connectivity index (χ0) is 34.1. The number of aliphatic hydroxyl groups excluding tert-OH is 1. The lowest BCUT2D eigenvalue weighted by Crippen LogP contribution is -2.59. The van der Waals surface area contributed by atoms with Crippen molar-refractivity contribution in [1.82, 2.24) is 21.3 Å². The Balaban J connectivity index is 6.07. The van der Waals surface area contributed by atoms with Crippen molar-refractivity contribution in [2.24, 2.45) is 11.5 Å². The SMILES string of the molecule is C[C@@H](O)[C@H](N)C(=O)N[C@@H](CCC(=O)O)C(=O)N[C@@H](CCC(=O)O)C(=O)N[C@@H](CCC(=O)O)C(=O)N[C@@H](CCC(N)=O)C(=O)O. The molecule has 0 unspecified atom stereocenters. The second-order valence-electron chi connectivity index (χ2n) is 9.65. The highest BCUT2D eigenvalue weighted by atomic mass is 16.4. The smallest absolute Gasteiger partial charge is 0.326 e. The fraction of sp³-hybridized carbons (Fsp3) is 0.625. The van der Waals surface area contributed by atoms with Crippen LogP contribution in [-0.2, 0) is 43.2 Å². The van der Waals surface area contributed by atoms with Gasteiger partial charge in [0.05, 0.1) is 6.10 Å². The highest BCUT2D eigenvalue weighted by Gasteiger charge is 2.33. The summed E-state index contributed by atoms with van der Waals surface area (Å²) >= 11 is 0. The number of aliphatic carboxylic acids is 4. The summed E-state index contributed by atoms with van der Waals surface area (Å²) in [4.78, 5) is 107. The second-order valence-corrected chi connectivity index (χ2v) is 9.65. The maximum atomic E-state index is 13.1. The molecule has 0 saturated heterocycles. The molecule has 13 N–H and O–H groups in total. The van der Waals surface area contributed by atoms with Crippen LogP contribution in [0.1, 0.15) is 58.3 Å². The van der Waals surface area contributed by atoms with Crippen LogP contribution in [0.15, 0.2) is 0 Å². The van der Waals surface area contributed by atoms with Gasteiger partial charge in [-0.25, -0.2) is 4.79 Å². The Morgan fingerprint density at radius 1 is 0.545 bits per heavy atom. The van der Waals surface area contributed by atoms with E-state index in [1.54, 1.807) is 0 Å². The molecule has 44 heavy (non-hydrogen) atoms. The fourth-order valence-electron chi connectivity index (χ4n) is 3.46. The van der Waals surface area contributed by atoms with E-state index in [1.807, 2.05) is 5.32 Å². The zero-order valence-corrected chi connectivity index (χ0v) is 23.7. The van der Waals surface area contributed by atoms with Gasteiger partial charge in [0.1, 0.15) is 30.2 Å². The van der Waals surface area contributed by atoms with Crippen LogP contribution < -0.4 is 32.7 Å². The molecular weight excluding hydrogens is 596 g/mol. The molecule has 0 radical (unpaired) electrons. The maximum absolute atomic E-state index is 13.1. The topological polar surface area (TPSA) is 355 Å². The van der Waals surface area contributed by atoms with Crippen LogP contribution in [0.5, 0.6) is 0 Å². The lowest BCUT2D eigenvalue weighted by atomic mass is 10.0. The van der Waals surface area contributed by atoms with Crippen molar-refractivity contribution in [1.29, 1.82) is 0 Å². The number of nitrogens with two attached hydrogens (primary N) is 2. The molecule has 0 aliphatic carbocycles. The van der Waals surface area contributed by atoms with Gasteiger partial charge in [-0.1, -0.05) is 0 Å². The minimum atomic E-state index is -1.74. The number of nitrogens with one attached hydrogen (secondary N) is 4. The zero-order valence-electron chi connectivity index (χ0n) is 23.7. The summed E-state index contributed by atoms with van der Waals surface area (Å²) in [6.07, 6.45) is -5.98. The van der Waals surface area contributed by atoms with Gasteiger partial charge in [-0.2, -0.15) is 0 Å². The largest absolute Gasteiger partial charge is 0.481 e. The highest BCUT2D eigenvalue weighted by molar-refractivity contribution is 5.96. The number of amides is 5. The van der Waals surface area contributed by atoms with E-state index in [2.05, 4.69) is 16.0 Å². The van der Waals surface area contributed by atoms with Crippen molar-refractivity contribution in [2.45, 2.75) is 94.6 Å². The molecule has 248 valence electrons. The average Bonchev–Trinajstić information content (AvgIpc) is 2.91. The van der Waals surface area contributed by atoms with Gasteiger partial charge in [0.2, 0.25) is 29.5 Å². The molecule has 0 fully saturated rings. The first-order chi connectivity index (χ1) is 20.3. The number of carboxylic acid groups (broad SMARTS) is 4. The number of primary amides is 1. The van der Waals surface area contributed by atoms with Gasteiger partial charge in [0.15, 0.2) is 0 Å². The number of carbonyl (C=O) groups excluding carboxylic acids is 5. The molecule has 0 aliphatic rings. The first kappa shape index (κ1) is 39.1. The molecule has 5 amide bonds. The van der Waals surface area contributed by atoms with Crippen LogP contribution in [0.3, 0.4) is 0 Å². The number of carbonyl (C=O) groups is 9. The quantitative estimate of drug-likeness (QED) is 0.0535. The van der Waals surface area contributed by atoms with Crippen LogP contribution in [-0.4, -0.2) is 115 Å². The Labute approximate surface area is 249 Å². The van der Waals surface area contributed by atoms with Gasteiger partial charge in [0.25, 0.3) is 0 Å². The molecule has 0 heterocycles. The maximum Gasteiger partial charge on any atom is 0.326 e. The predicted molar refractivity (Wildman–Crippen MR) is 144 cm³/mol. The van der Waals surface area contributed by atoms with Crippen LogP contribution in [0, 0.1) is 0 Å². The van der Waals surface area contributed by atoms with Gasteiger partial charge in [-0.15, -0.1) is 0 Å². The molecule has 0 bridgehead atoms. The summed E-state index contributed by atoms with van der Waals surface area (Å²) in [5, 5.41) is 54.5. The average molecular weight is 635 g/mol. The first-order valence-corrected chi connectivity index (χ1v) is 13.2. The lowest BCUT2D eigenvalue weighted by molar-refractivity contribution is -0.143. The summed E-state index contributed by atoms with van der Waals surface area (Å²) in [6.45, 7) is 1.18. The van der Waals surface area contributed by atoms with E-state index in [0.29, 0.717) is 0 Å². The molecule has 0 saturated carbocycles. The molecular formula is C24H38N6O14. The van der Waals surface area contributed by atoms with Gasteiger partial charge in [-0.05, 0) is 32.6 Å². The van der Waals surface area contributed by atoms with Crippen molar-refractivity contribution in [3.63, 3.8) is 0 Å². The van der Waals surface area contributed by atoms with Crippen molar-refractivity contribution in [3.8, 4) is 0 Å². The summed E-state index contributed by atoms with van der Waals surface area (Å²) < 4.78 is 0. The third-order valence-corrected chi connectivity index (χ3v) is 5.96. The standard InChI is InChI=1S/C24H38N6O14/c1-10(31)19(26)23(42)29-13(5-9-18(37)38)21(40)27-11(3-7-16(33)34)20(39)28-12(4-8-17(35)36)22(41)30-14(24(43)44)2-6-15(25)32/h10-14,19,31H,2-9,26H2,1H3,(H2,25,32)(H,27,40)(H,28,39)(H,29,42)(H,30,41)(H,33,34)(H,35,36)(H,37,38)(H,43,44)/t10-,11+,12+,13+,14+,19+/m1/s1. The Kier molecular flexibility index (Phi) is 17.2. The molecule has 0 rings (SSSR count). The Morgan fingerprint density at radius 2 is 0.841 bits per heavy atom. The summed E-state index contributed by atoms with van der Waals surface area (Å²) in [5.41, 5.74) is 10.5. The normalized spacial score (nSPS) is 14.8. The van der Waals surface area contributed by atoms with E-state index < -0.39 is 141 Å². The molecule has 6 atom stereocenters. The second kappa shape index (κ2) is 19.4. The molecule has 0 aromatic heterocycles. The van der Waals surface area contributed by atoms with Crippen LogP contribution >= 0.6 is 0 Å². The monoisotopic (exact) mass is 634 g/mol. The Morgan fingerprint density at radius 3 is 1.11 bits per heavy atom. The van der Waals surface area contributed by atoms with E-state index in [-0.39, 0.29) is 0 Å². The third kappa shape index (κ3) is 16.0. The molecule has 0 aromatic rings. The lowest BCUT2D eigenvalue weighted by Gasteiger charge is -2.26. The number of hydrogen-bond acceptors (Lipinski definition) is 11. The van der Waals surface area contributed by atoms with E-state index >= 15 is 0 Å². The van der Waals surface area contributed by atoms with E-state index in [0.717, 1.165) is 0 Å². The molecule has 20 nitrogen and oxygen atoms in total. The van der Waals surface area contributed by atoms with Crippen molar-refractivity contribution in [2.75, 3.05) is 0 Å². The molecule has 20 heteroatoms. The van der Waals surface area contributed by atoms with Gasteiger partial charge >= 0.3 is 23.9 Å². The van der Waals surface area contributed by atoms with E-state index in [9.17, 15) is 53.4 Å². The Bertz CT molecular complexity index is 1100. The number of hydrogen-bond donors (Lipinski definition) is 11. The summed E-state index contributed by atoms with van der Waals surface area (Å²) in [5.74, 6) is -11.2. The van der Waals surface area contributed by atoms with Crippen LogP contribution in [0.4, 0.5) is 0 Å². The van der Waals surface area contributed by atoms with E-state index in [1.165, 1.54) is 6.92 Å². The van der Waals surface area contributed by atoms with Crippen LogP contribution in [0.2, 0.25) is 0 Å². The van der Waals surface area contributed by atoms with Crippen molar-refractivity contribution in [3.05, 3.63) is 0 Å². The van der Waals surface area contributed by atoms with Crippen molar-refractivity contribution >= 4 is 53.4 Å². The Hall–Kier alpha value is -4.85. The minimum Gasteiger partial charge on any atom is -0.481 e. The van der Waals surface area contributed by atoms with Crippen LogP contribution in [0.25, 0.3) is 0 Å². The van der Waals surface area contributed by atoms with Gasteiger partial charge < -0.3 is 58.3 Å². The third-order valence-electron chi connectivity index (χ3n) is 5.96. The number of carboxylic acids is 4. The summed E-state index contributed by atoms with van der Waals surface area (Å²) in [7, 11) is 0.